The Labute approximate surface area is 105 Å². The van der Waals surface area contributed by atoms with E-state index in [9.17, 15) is 9.70 Å². The van der Waals surface area contributed by atoms with E-state index in [0.717, 1.165) is 17.7 Å². The number of amides is 1. The zero-order chi connectivity index (χ0) is 12.7. The fourth-order valence-corrected chi connectivity index (χ4v) is 1.77. The predicted molar refractivity (Wildman–Crippen MR) is 69.8 cm³/mol. The Morgan fingerprint density at radius 2 is 2.24 bits per heavy atom. The van der Waals surface area contributed by atoms with Crippen molar-refractivity contribution in [2.24, 2.45) is 5.18 Å². The van der Waals surface area contributed by atoms with Crippen LogP contribution in [-0.2, 0) is 0 Å². The van der Waals surface area contributed by atoms with E-state index < -0.39 is 5.91 Å². The van der Waals surface area contributed by atoms with Crippen LogP contribution in [0.15, 0.2) is 23.4 Å². The van der Waals surface area contributed by atoms with Crippen molar-refractivity contribution in [2.45, 2.75) is 13.3 Å². The van der Waals surface area contributed by atoms with Gasteiger partial charge in [-0.05, 0) is 43.0 Å². The molecule has 1 rings (SSSR count). The van der Waals surface area contributed by atoms with Crippen molar-refractivity contribution in [3.05, 3.63) is 34.2 Å². The second kappa shape index (κ2) is 7.06. The third-order valence-corrected chi connectivity index (χ3v) is 2.98. The van der Waals surface area contributed by atoms with Gasteiger partial charge in [0.05, 0.1) is 12.2 Å². The van der Waals surface area contributed by atoms with Gasteiger partial charge in [-0.1, -0.05) is 6.07 Å². The average molecular weight is 253 g/mol. The van der Waals surface area contributed by atoms with Gasteiger partial charge in [-0.2, -0.15) is 11.8 Å². The number of nitroso groups, excluding NO2 is 1. The van der Waals surface area contributed by atoms with Crippen LogP contribution in [0.3, 0.4) is 0 Å². The molecular weight excluding hydrogens is 238 g/mol. The molecule has 92 valence electrons. The zero-order valence-electron chi connectivity index (χ0n) is 9.93. The van der Waals surface area contributed by atoms with E-state index in [1.165, 1.54) is 0 Å². The molecule has 0 bridgehead atoms. The van der Waals surface area contributed by atoms with Crippen molar-refractivity contribution < 1.29 is 9.53 Å². The molecule has 0 atom stereocenters. The minimum Gasteiger partial charge on any atom is -0.494 e. The topological polar surface area (TPSA) is 55.7 Å². The van der Waals surface area contributed by atoms with Gasteiger partial charge in [0.15, 0.2) is 0 Å². The fraction of sp³-hybridized carbons (Fsp3) is 0.417. The van der Waals surface area contributed by atoms with Gasteiger partial charge in [-0.15, -0.1) is 4.91 Å². The van der Waals surface area contributed by atoms with Gasteiger partial charge in [0.25, 0.3) is 0 Å². The normalized spacial score (nSPS) is 10.0. The van der Waals surface area contributed by atoms with E-state index in [2.05, 4.69) is 5.18 Å². The first-order chi connectivity index (χ1) is 8.19. The Morgan fingerprint density at radius 1 is 1.47 bits per heavy atom. The molecule has 17 heavy (non-hydrogen) atoms. The van der Waals surface area contributed by atoms with Gasteiger partial charge < -0.3 is 4.74 Å². The SMILES string of the molecule is CSCCCOc1ccc(C)c(C(=O)N=O)c1. The molecule has 0 spiro atoms. The van der Waals surface area contributed by atoms with E-state index in [1.54, 1.807) is 36.9 Å². The number of rotatable bonds is 6. The Kier molecular flexibility index (Phi) is 5.69. The number of hydrogen-bond donors (Lipinski definition) is 0. The lowest BCUT2D eigenvalue weighted by molar-refractivity contribution is 0.0999. The highest BCUT2D eigenvalue weighted by Gasteiger charge is 2.10. The van der Waals surface area contributed by atoms with Crippen molar-refractivity contribution in [1.29, 1.82) is 0 Å². The first kappa shape index (κ1) is 13.7. The van der Waals surface area contributed by atoms with E-state index in [0.29, 0.717) is 17.9 Å². The second-order valence-electron chi connectivity index (χ2n) is 3.57. The van der Waals surface area contributed by atoms with Crippen LogP contribution < -0.4 is 4.74 Å². The predicted octanol–water partition coefficient (Wildman–Crippen LogP) is 3.03. The zero-order valence-corrected chi connectivity index (χ0v) is 10.8. The number of ether oxygens (including phenoxy) is 1. The molecule has 0 saturated carbocycles. The Balaban J connectivity index is 2.68. The molecule has 1 aromatic carbocycles. The highest BCUT2D eigenvalue weighted by Crippen LogP contribution is 2.18. The summed E-state index contributed by atoms with van der Waals surface area (Å²) in [6.07, 6.45) is 2.99. The van der Waals surface area contributed by atoms with E-state index in [1.807, 2.05) is 6.26 Å². The molecule has 1 aromatic rings. The minimum atomic E-state index is -0.753. The summed E-state index contributed by atoms with van der Waals surface area (Å²) in [5, 5.41) is 2.42. The number of thioether (sulfide) groups is 1. The molecule has 0 aromatic heterocycles. The summed E-state index contributed by atoms with van der Waals surface area (Å²) >= 11 is 1.76. The molecule has 0 heterocycles. The number of carbonyl (C=O) groups excluding carboxylic acids is 1. The lowest BCUT2D eigenvalue weighted by atomic mass is 10.1. The van der Waals surface area contributed by atoms with E-state index >= 15 is 0 Å². The number of carbonyl (C=O) groups is 1. The molecule has 0 N–H and O–H groups in total. The molecule has 0 fully saturated rings. The minimum absolute atomic E-state index is 0.308. The van der Waals surface area contributed by atoms with Gasteiger partial charge >= 0.3 is 5.91 Å². The van der Waals surface area contributed by atoms with Crippen molar-refractivity contribution >= 4 is 17.7 Å². The lowest BCUT2D eigenvalue weighted by Crippen LogP contribution is -2.02. The Hall–Kier alpha value is -1.36. The summed E-state index contributed by atoms with van der Waals surface area (Å²) in [6, 6.07) is 5.11. The first-order valence-electron chi connectivity index (χ1n) is 5.29. The summed E-state index contributed by atoms with van der Waals surface area (Å²) in [5.74, 6) is 0.883. The van der Waals surface area contributed by atoms with E-state index in [4.69, 9.17) is 4.74 Å². The third kappa shape index (κ3) is 4.19. The van der Waals surface area contributed by atoms with Crippen LogP contribution in [0.4, 0.5) is 0 Å². The molecule has 0 unspecified atom stereocenters. The van der Waals surface area contributed by atoms with Crippen molar-refractivity contribution in [2.75, 3.05) is 18.6 Å². The van der Waals surface area contributed by atoms with Crippen molar-refractivity contribution in [1.82, 2.24) is 0 Å². The quantitative estimate of drug-likeness (QED) is 0.577. The molecule has 5 heteroatoms. The largest absolute Gasteiger partial charge is 0.494 e. The van der Waals surface area contributed by atoms with Crippen LogP contribution in [0.2, 0.25) is 0 Å². The molecule has 1 amide bonds. The van der Waals surface area contributed by atoms with Gasteiger partial charge in [0, 0.05) is 5.18 Å². The second-order valence-corrected chi connectivity index (χ2v) is 4.55. The van der Waals surface area contributed by atoms with Crippen LogP contribution in [0.5, 0.6) is 5.75 Å². The number of benzene rings is 1. The van der Waals surface area contributed by atoms with Crippen molar-refractivity contribution in [3.63, 3.8) is 0 Å². The molecular formula is C12H15NO3S. The molecule has 0 saturated heterocycles. The first-order valence-corrected chi connectivity index (χ1v) is 6.68. The van der Waals surface area contributed by atoms with Crippen LogP contribution in [0.25, 0.3) is 0 Å². The molecule has 4 nitrogen and oxygen atoms in total. The highest BCUT2D eigenvalue weighted by molar-refractivity contribution is 7.98. The molecule has 0 radical (unpaired) electrons. The molecule has 0 aliphatic carbocycles. The molecule has 0 aliphatic rings. The van der Waals surface area contributed by atoms with Gasteiger partial charge in [-0.25, -0.2) is 0 Å². The van der Waals surface area contributed by atoms with Crippen LogP contribution in [-0.4, -0.2) is 24.5 Å². The van der Waals surface area contributed by atoms with Crippen LogP contribution >= 0.6 is 11.8 Å². The summed E-state index contributed by atoms with van der Waals surface area (Å²) in [5.41, 5.74) is 1.04. The highest BCUT2D eigenvalue weighted by atomic mass is 32.2. The number of hydrogen-bond acceptors (Lipinski definition) is 4. The van der Waals surface area contributed by atoms with Gasteiger partial charge in [0.2, 0.25) is 0 Å². The fourth-order valence-electron chi connectivity index (χ4n) is 1.36. The lowest BCUT2D eigenvalue weighted by Gasteiger charge is -2.07. The van der Waals surface area contributed by atoms with Crippen LogP contribution in [0, 0.1) is 11.8 Å². The third-order valence-electron chi connectivity index (χ3n) is 2.28. The number of aryl methyl sites for hydroxylation is 1. The smallest absolute Gasteiger partial charge is 0.317 e. The maximum atomic E-state index is 11.2. The Bertz CT molecular complexity index is 407. The van der Waals surface area contributed by atoms with Crippen molar-refractivity contribution in [3.8, 4) is 5.75 Å². The van der Waals surface area contributed by atoms with Gasteiger partial charge in [0.1, 0.15) is 5.75 Å². The van der Waals surface area contributed by atoms with E-state index in [-0.39, 0.29) is 0 Å². The Morgan fingerprint density at radius 3 is 2.88 bits per heavy atom. The summed E-state index contributed by atoms with van der Waals surface area (Å²) in [7, 11) is 0. The maximum Gasteiger partial charge on any atom is 0.317 e. The maximum absolute atomic E-state index is 11.2. The summed E-state index contributed by atoms with van der Waals surface area (Å²) in [4.78, 5) is 21.4. The summed E-state index contributed by atoms with van der Waals surface area (Å²) < 4.78 is 5.49. The van der Waals surface area contributed by atoms with Crippen LogP contribution in [0.1, 0.15) is 22.3 Å². The molecule has 0 aliphatic heterocycles. The average Bonchev–Trinajstić information content (AvgIpc) is 2.35. The van der Waals surface area contributed by atoms with Gasteiger partial charge in [-0.3, -0.25) is 4.79 Å². The number of nitrogens with zero attached hydrogens (tertiary/aromatic N) is 1. The summed E-state index contributed by atoms with van der Waals surface area (Å²) in [6.45, 7) is 2.36. The monoisotopic (exact) mass is 253 g/mol. The standard InChI is InChI=1S/C12H15NO3S/c1-9-4-5-10(16-6-3-7-17-2)8-11(9)12(14)13-15/h4-5,8H,3,6-7H2,1-2H3.